The number of allylic oxidation sites excluding steroid dienone is 2. The Balaban J connectivity index is 1.77. The van der Waals surface area contributed by atoms with E-state index < -0.39 is 51.0 Å². The molecule has 0 aromatic heterocycles. The molecule has 0 saturated heterocycles. The zero-order valence-electron chi connectivity index (χ0n) is 27.7. The Labute approximate surface area is 265 Å². The first-order valence-electron chi connectivity index (χ1n) is 16.1. The van der Waals surface area contributed by atoms with E-state index in [1.54, 1.807) is 6.92 Å². The number of aromatic hydroxyl groups is 1. The summed E-state index contributed by atoms with van der Waals surface area (Å²) in [4.78, 5) is 41.0. The Bertz CT molecular complexity index is 1690. The summed E-state index contributed by atoms with van der Waals surface area (Å²) in [5, 5.41) is 46.7. The van der Waals surface area contributed by atoms with Crippen LogP contribution in [0.25, 0.3) is 11.1 Å². The average molecular weight is 615 g/mol. The minimum absolute atomic E-state index is 0.0437. The first-order valence-corrected chi connectivity index (χ1v) is 16.1. The summed E-state index contributed by atoms with van der Waals surface area (Å²) in [5.41, 5.74) is -1.04. The summed E-state index contributed by atoms with van der Waals surface area (Å²) in [6, 6.07) is 9.77. The summed E-state index contributed by atoms with van der Waals surface area (Å²) in [6.45, 7) is 14.7. The molecule has 0 aliphatic heterocycles. The molecule has 0 bridgehead atoms. The van der Waals surface area contributed by atoms with E-state index in [2.05, 4.69) is 39.0 Å². The summed E-state index contributed by atoms with van der Waals surface area (Å²) in [6.07, 6.45) is 3.01. The Morgan fingerprint density at radius 2 is 1.67 bits per heavy atom. The molecule has 3 aliphatic carbocycles. The molecule has 4 N–H and O–H groups in total. The van der Waals surface area contributed by atoms with Crippen molar-refractivity contribution >= 4 is 17.3 Å². The summed E-state index contributed by atoms with van der Waals surface area (Å²) < 4.78 is 0. The smallest absolute Gasteiger partial charge is 0.209 e. The van der Waals surface area contributed by atoms with Gasteiger partial charge in [-0.1, -0.05) is 72.7 Å². The van der Waals surface area contributed by atoms with Gasteiger partial charge in [0.2, 0.25) is 5.78 Å². The second-order valence-corrected chi connectivity index (χ2v) is 14.7. The zero-order chi connectivity index (χ0) is 33.4. The molecule has 1 unspecified atom stereocenters. The lowest BCUT2D eigenvalue weighted by atomic mass is 9.44. The molecule has 0 saturated carbocycles. The van der Waals surface area contributed by atoms with Gasteiger partial charge in [0, 0.05) is 22.3 Å². The lowest BCUT2D eigenvalue weighted by Gasteiger charge is -2.59. The van der Waals surface area contributed by atoms with Crippen LogP contribution in [0.3, 0.4) is 0 Å². The summed E-state index contributed by atoms with van der Waals surface area (Å²) >= 11 is 0. The molecular weight excluding hydrogens is 568 g/mol. The van der Waals surface area contributed by atoms with Crippen molar-refractivity contribution in [3.05, 3.63) is 75.3 Å². The van der Waals surface area contributed by atoms with Gasteiger partial charge in [0.25, 0.3) is 0 Å². The van der Waals surface area contributed by atoms with Crippen LogP contribution in [0.2, 0.25) is 0 Å². The number of Topliss-reactive ketones (excluding diaryl/α,β-unsaturated/α-hetero) is 3. The molecule has 0 spiro atoms. The number of carbonyl (C=O) groups is 3. The Kier molecular flexibility index (Phi) is 7.97. The summed E-state index contributed by atoms with van der Waals surface area (Å²) in [7, 11) is 0. The topological polar surface area (TPSA) is 132 Å². The molecular formula is C38H46O7. The van der Waals surface area contributed by atoms with Crippen LogP contribution in [0, 0.1) is 28.6 Å². The van der Waals surface area contributed by atoms with Gasteiger partial charge in [-0.25, -0.2) is 0 Å². The highest BCUT2D eigenvalue weighted by Crippen LogP contribution is 2.65. The highest BCUT2D eigenvalue weighted by Gasteiger charge is 2.71. The number of hydrogen-bond donors (Lipinski definition) is 4. The van der Waals surface area contributed by atoms with Gasteiger partial charge in [-0.05, 0) is 84.7 Å². The van der Waals surface area contributed by atoms with Crippen LogP contribution in [0.4, 0.5) is 0 Å². The molecule has 7 heteroatoms. The Morgan fingerprint density at radius 3 is 2.24 bits per heavy atom. The molecule has 0 radical (unpaired) electrons. The maximum atomic E-state index is 14.5. The molecule has 4 atom stereocenters. The third kappa shape index (κ3) is 4.60. The Hall–Kier alpha value is -3.71. The van der Waals surface area contributed by atoms with Crippen molar-refractivity contribution in [2.45, 2.75) is 93.1 Å². The maximum absolute atomic E-state index is 14.5. The van der Waals surface area contributed by atoms with E-state index in [0.717, 1.165) is 42.9 Å². The second-order valence-electron chi connectivity index (χ2n) is 14.7. The molecule has 2 aromatic carbocycles. The third-order valence-electron chi connectivity index (χ3n) is 10.7. The van der Waals surface area contributed by atoms with Crippen LogP contribution in [-0.2, 0) is 28.9 Å². The van der Waals surface area contributed by atoms with Crippen molar-refractivity contribution < 1.29 is 34.8 Å². The number of phenolic OH excluding ortho intramolecular Hbond substituents is 1. The van der Waals surface area contributed by atoms with Gasteiger partial charge in [0.1, 0.15) is 22.8 Å². The van der Waals surface area contributed by atoms with Crippen molar-refractivity contribution in [3.63, 3.8) is 0 Å². The van der Waals surface area contributed by atoms with Gasteiger partial charge in [-0.15, -0.1) is 0 Å². The normalized spacial score (nSPS) is 28.0. The quantitative estimate of drug-likeness (QED) is 0.243. The van der Waals surface area contributed by atoms with Gasteiger partial charge in [-0.2, -0.15) is 0 Å². The van der Waals surface area contributed by atoms with Crippen LogP contribution in [-0.4, -0.2) is 43.4 Å². The number of aryl methyl sites for hydroxylation is 2. The number of aliphatic hydroxyl groups excluding tert-OH is 2. The van der Waals surface area contributed by atoms with E-state index >= 15 is 0 Å². The van der Waals surface area contributed by atoms with E-state index in [9.17, 15) is 34.8 Å². The fraction of sp³-hybridized carbons (Fsp3) is 0.500. The van der Waals surface area contributed by atoms with Gasteiger partial charge in [0.15, 0.2) is 17.2 Å². The van der Waals surface area contributed by atoms with E-state index in [0.29, 0.717) is 11.5 Å². The first-order chi connectivity index (χ1) is 20.9. The fourth-order valence-electron chi connectivity index (χ4n) is 8.78. The molecule has 2 aromatic rings. The molecule has 240 valence electrons. The van der Waals surface area contributed by atoms with E-state index in [-0.39, 0.29) is 41.4 Å². The van der Waals surface area contributed by atoms with Gasteiger partial charge >= 0.3 is 0 Å². The zero-order valence-corrected chi connectivity index (χ0v) is 27.7. The van der Waals surface area contributed by atoms with Gasteiger partial charge < -0.3 is 20.4 Å². The molecule has 0 amide bonds. The monoisotopic (exact) mass is 614 g/mol. The van der Waals surface area contributed by atoms with Crippen molar-refractivity contribution in [1.29, 1.82) is 0 Å². The minimum Gasteiger partial charge on any atom is -0.511 e. The van der Waals surface area contributed by atoms with Crippen LogP contribution in [0.1, 0.15) is 95.3 Å². The number of aliphatic hydroxyl groups is 3. The number of carbonyl (C=O) groups excluding carboxylic acids is 3. The number of hydrogen-bond acceptors (Lipinski definition) is 7. The van der Waals surface area contributed by atoms with Crippen molar-refractivity contribution in [2.75, 3.05) is 0 Å². The Morgan fingerprint density at radius 1 is 1.00 bits per heavy atom. The predicted octanol–water partition coefficient (Wildman–Crippen LogP) is 7.16. The van der Waals surface area contributed by atoms with Crippen molar-refractivity contribution in [2.24, 2.45) is 28.6 Å². The number of fused-ring (bicyclic) bond motifs is 3. The minimum atomic E-state index is -2.62. The number of phenols is 1. The van der Waals surface area contributed by atoms with Gasteiger partial charge in [-0.3, -0.25) is 14.4 Å². The largest absolute Gasteiger partial charge is 0.511 e. The van der Waals surface area contributed by atoms with Crippen molar-refractivity contribution in [1.82, 2.24) is 0 Å². The van der Waals surface area contributed by atoms with E-state index in [1.807, 2.05) is 26.8 Å². The molecule has 0 fully saturated rings. The maximum Gasteiger partial charge on any atom is 0.209 e. The number of rotatable bonds is 7. The number of benzene rings is 2. The molecule has 3 aliphatic rings. The first kappa shape index (κ1) is 32.7. The van der Waals surface area contributed by atoms with E-state index in [4.69, 9.17) is 0 Å². The van der Waals surface area contributed by atoms with E-state index in [1.165, 1.54) is 11.6 Å². The third-order valence-corrected chi connectivity index (χ3v) is 10.7. The number of ketones is 3. The van der Waals surface area contributed by atoms with Crippen LogP contribution in [0.5, 0.6) is 5.75 Å². The lowest BCUT2D eigenvalue weighted by molar-refractivity contribution is -0.171. The van der Waals surface area contributed by atoms with Crippen LogP contribution >= 0.6 is 0 Å². The molecule has 0 heterocycles. The predicted molar refractivity (Wildman–Crippen MR) is 173 cm³/mol. The molecule has 5 rings (SSSR count). The standard InChI is InChI=1S/C38H46O7/c1-9-23-13-12-22(11-10-19(2)3)16-25(23)24-14-15-27(40)29-26(24)17-36(7)18-37(8)30(20(4)5)32(41)28(21(6)39)34(43)38(37,45)35(44)31(36)33(29)42/h12-16,19-20,30,40-41,44-45H,9-11,17-18H2,1-8H3/t30?,36-,37-,38+/m1/s1. The second kappa shape index (κ2) is 11.0. The average Bonchev–Trinajstić information content (AvgIpc) is 2.93. The molecule has 7 nitrogen and oxygen atoms in total. The summed E-state index contributed by atoms with van der Waals surface area (Å²) in [5.74, 6) is -4.56. The van der Waals surface area contributed by atoms with Crippen LogP contribution < -0.4 is 0 Å². The lowest BCUT2D eigenvalue weighted by Crippen LogP contribution is -2.67. The van der Waals surface area contributed by atoms with Gasteiger partial charge in [0.05, 0.1) is 5.56 Å². The fourth-order valence-corrected chi connectivity index (χ4v) is 8.78. The molecule has 45 heavy (non-hydrogen) atoms. The highest BCUT2D eigenvalue weighted by atomic mass is 16.3. The SMILES string of the molecule is CCc1ccc(CCC(C)C)cc1-c1ccc(O)c2c1C[C@]1(C)C[C@]3(C)C(C(C)C)C(O)=C(C(C)=O)C(=O)[C@]3(O)C(O)=C1C2=O. The van der Waals surface area contributed by atoms with Crippen molar-refractivity contribution in [3.8, 4) is 16.9 Å². The van der Waals surface area contributed by atoms with Crippen LogP contribution in [0.15, 0.2) is 53.0 Å². The highest BCUT2D eigenvalue weighted by molar-refractivity contribution is 6.25.